The first-order chi connectivity index (χ1) is 2.41. The summed E-state index contributed by atoms with van der Waals surface area (Å²) in [4.78, 5) is 0. The summed E-state index contributed by atoms with van der Waals surface area (Å²) in [6.07, 6.45) is 1.42. The third kappa shape index (κ3) is 4.20. The third-order valence-corrected chi connectivity index (χ3v) is 0.545. The predicted octanol–water partition coefficient (Wildman–Crippen LogP) is 0.881. The summed E-state index contributed by atoms with van der Waals surface area (Å²) in [6.45, 7) is 0. The van der Waals surface area contributed by atoms with E-state index in [2.05, 4.69) is 27.7 Å². The molecule has 0 aromatic carbocycles. The van der Waals surface area contributed by atoms with E-state index >= 15 is 0 Å². The molecule has 0 radical (unpaired) electrons. The average Bonchev–Trinajstić information content (AvgIpc) is 1.41. The smallest absolute Gasteiger partial charge is 0.0533 e. The molecule has 0 saturated carbocycles. The van der Waals surface area contributed by atoms with E-state index in [0.717, 1.165) is 4.43 Å². The Hall–Kier alpha value is 0.200. The first-order valence-electron chi connectivity index (χ1n) is 1.13. The molecule has 0 unspecified atom stereocenters. The average molecular weight is 185 g/mol. The van der Waals surface area contributed by atoms with Gasteiger partial charge in [-0.3, -0.25) is 0 Å². The summed E-state index contributed by atoms with van der Waals surface area (Å²) in [5.41, 5.74) is 0. The summed E-state index contributed by atoms with van der Waals surface area (Å²) in [7, 11) is 0. The fourth-order valence-corrected chi connectivity index (χ4v) is 0.207. The number of alkyl halides is 1. The number of rotatable bonds is 1. The molecule has 0 heterocycles. The van der Waals surface area contributed by atoms with Gasteiger partial charge in [-0.2, -0.15) is 0 Å². The molecule has 0 amide bonds. The Balaban J connectivity index is 2.62. The van der Waals surface area contributed by atoms with Crippen molar-refractivity contribution in [2.75, 3.05) is 4.43 Å². The van der Waals surface area contributed by atoms with E-state index in [1.165, 1.54) is 6.21 Å². The van der Waals surface area contributed by atoms with E-state index in [1.54, 1.807) is 0 Å². The third-order valence-electron chi connectivity index (χ3n) is 0.151. The van der Waals surface area contributed by atoms with Crippen LogP contribution in [0.4, 0.5) is 0 Å². The van der Waals surface area contributed by atoms with Gasteiger partial charge in [0.25, 0.3) is 0 Å². The van der Waals surface area contributed by atoms with Crippen LogP contribution in [-0.4, -0.2) is 15.8 Å². The van der Waals surface area contributed by atoms with E-state index in [1.807, 2.05) is 0 Å². The number of hydrogen-bond donors (Lipinski definition) is 1. The topological polar surface area (TPSA) is 32.6 Å². The lowest BCUT2D eigenvalue weighted by Gasteiger charge is -1.63. The Labute approximate surface area is 44.0 Å². The Morgan fingerprint density at radius 2 is 2.60 bits per heavy atom. The highest BCUT2D eigenvalue weighted by atomic mass is 127. The van der Waals surface area contributed by atoms with Crippen molar-refractivity contribution in [3.05, 3.63) is 0 Å². The first kappa shape index (κ1) is 5.20. The van der Waals surface area contributed by atoms with Gasteiger partial charge in [0.1, 0.15) is 0 Å². The molecule has 30 valence electrons. The zero-order valence-corrected chi connectivity index (χ0v) is 4.71. The first-order valence-corrected chi connectivity index (χ1v) is 2.66. The van der Waals surface area contributed by atoms with Crippen molar-refractivity contribution < 1.29 is 5.21 Å². The number of nitrogens with zero attached hydrogens (tertiary/aromatic N) is 1. The van der Waals surface area contributed by atoms with E-state index in [-0.39, 0.29) is 0 Å². The zero-order valence-electron chi connectivity index (χ0n) is 2.56. The quantitative estimate of drug-likeness (QED) is 0.212. The highest BCUT2D eigenvalue weighted by Crippen LogP contribution is 1.70. The fourth-order valence-electron chi connectivity index (χ4n) is 0.0309. The summed E-state index contributed by atoms with van der Waals surface area (Å²) < 4.78 is 0.772. The zero-order chi connectivity index (χ0) is 4.12. The molecule has 0 aromatic heterocycles. The molecule has 0 spiro atoms. The molecule has 0 saturated heterocycles. The summed E-state index contributed by atoms with van der Waals surface area (Å²) in [5.74, 6) is 0. The largest absolute Gasteiger partial charge is 0.411 e. The van der Waals surface area contributed by atoms with E-state index in [9.17, 15) is 0 Å². The lowest BCUT2D eigenvalue weighted by molar-refractivity contribution is 0.321. The second-order valence-electron chi connectivity index (χ2n) is 0.452. The minimum absolute atomic E-state index is 0.772. The van der Waals surface area contributed by atoms with Crippen LogP contribution in [0.25, 0.3) is 0 Å². The van der Waals surface area contributed by atoms with Crippen LogP contribution in [0.1, 0.15) is 0 Å². The molecular formula is C2H4INO. The van der Waals surface area contributed by atoms with Gasteiger partial charge in [-0.15, -0.1) is 5.16 Å². The number of hydrogen-bond acceptors (Lipinski definition) is 2. The Bertz CT molecular complexity index is 36.6. The Morgan fingerprint density at radius 3 is 2.60 bits per heavy atom. The standard InChI is InChI=1S/C2H4INO/c3-1-2-4-5/h2,5H,1H2/b4-2-. The second-order valence-corrected chi connectivity index (χ2v) is 1.33. The van der Waals surface area contributed by atoms with Crippen LogP contribution < -0.4 is 0 Å². The lowest BCUT2D eigenvalue weighted by Crippen LogP contribution is -1.66. The highest BCUT2D eigenvalue weighted by molar-refractivity contribution is 14.1. The molecule has 2 nitrogen and oxygen atoms in total. The Morgan fingerprint density at radius 1 is 2.00 bits per heavy atom. The molecule has 1 N–H and O–H groups in total. The van der Waals surface area contributed by atoms with E-state index in [4.69, 9.17) is 5.21 Å². The molecule has 5 heavy (non-hydrogen) atoms. The van der Waals surface area contributed by atoms with Gasteiger partial charge in [0, 0.05) is 4.43 Å². The molecule has 0 bridgehead atoms. The molecule has 0 rings (SSSR count). The SMILES string of the molecule is O/N=C\CI. The molecule has 0 atom stereocenters. The van der Waals surface area contributed by atoms with Crippen LogP contribution in [-0.2, 0) is 0 Å². The van der Waals surface area contributed by atoms with Crippen molar-refractivity contribution in [3.8, 4) is 0 Å². The van der Waals surface area contributed by atoms with E-state index in [0.29, 0.717) is 0 Å². The van der Waals surface area contributed by atoms with Crippen LogP contribution in [0.2, 0.25) is 0 Å². The van der Waals surface area contributed by atoms with Gasteiger partial charge in [-0.25, -0.2) is 0 Å². The maximum absolute atomic E-state index is 7.63. The van der Waals surface area contributed by atoms with Gasteiger partial charge in [0.2, 0.25) is 0 Å². The van der Waals surface area contributed by atoms with Crippen molar-refractivity contribution in [2.24, 2.45) is 5.16 Å². The van der Waals surface area contributed by atoms with Crippen LogP contribution in [0.15, 0.2) is 5.16 Å². The number of halogens is 1. The molecular weight excluding hydrogens is 181 g/mol. The molecule has 0 fully saturated rings. The van der Waals surface area contributed by atoms with Crippen LogP contribution in [0, 0.1) is 0 Å². The highest BCUT2D eigenvalue weighted by Gasteiger charge is 1.57. The van der Waals surface area contributed by atoms with Gasteiger partial charge in [0.05, 0.1) is 6.21 Å². The fraction of sp³-hybridized carbons (Fsp3) is 0.500. The van der Waals surface area contributed by atoms with Crippen molar-refractivity contribution in [2.45, 2.75) is 0 Å². The lowest BCUT2D eigenvalue weighted by atomic mass is 10.9. The minimum Gasteiger partial charge on any atom is -0.411 e. The van der Waals surface area contributed by atoms with Gasteiger partial charge >= 0.3 is 0 Å². The summed E-state index contributed by atoms with van der Waals surface area (Å²) in [6, 6.07) is 0. The molecule has 0 aliphatic heterocycles. The van der Waals surface area contributed by atoms with Gasteiger partial charge in [-0.1, -0.05) is 22.6 Å². The maximum Gasteiger partial charge on any atom is 0.0533 e. The minimum atomic E-state index is 0.772. The van der Waals surface area contributed by atoms with Crippen LogP contribution >= 0.6 is 22.6 Å². The monoisotopic (exact) mass is 185 g/mol. The molecule has 0 aromatic rings. The summed E-state index contributed by atoms with van der Waals surface area (Å²) >= 11 is 2.08. The van der Waals surface area contributed by atoms with Crippen molar-refractivity contribution in [1.29, 1.82) is 0 Å². The normalized spacial score (nSPS) is 9.80. The Kier molecular flexibility index (Phi) is 4.37. The van der Waals surface area contributed by atoms with Gasteiger partial charge in [-0.05, 0) is 0 Å². The van der Waals surface area contributed by atoms with Crippen molar-refractivity contribution in [1.82, 2.24) is 0 Å². The van der Waals surface area contributed by atoms with Crippen molar-refractivity contribution in [3.63, 3.8) is 0 Å². The number of oxime groups is 1. The van der Waals surface area contributed by atoms with Crippen LogP contribution in [0.3, 0.4) is 0 Å². The second kappa shape index (κ2) is 4.20. The van der Waals surface area contributed by atoms with Crippen molar-refractivity contribution >= 4 is 28.8 Å². The molecule has 3 heteroatoms. The van der Waals surface area contributed by atoms with Gasteiger partial charge < -0.3 is 5.21 Å². The summed E-state index contributed by atoms with van der Waals surface area (Å²) in [5, 5.41) is 10.4. The maximum atomic E-state index is 7.63. The van der Waals surface area contributed by atoms with E-state index < -0.39 is 0 Å². The predicted molar refractivity (Wildman–Crippen MR) is 29.2 cm³/mol. The molecule has 0 aliphatic carbocycles. The molecule has 0 aliphatic rings. The van der Waals surface area contributed by atoms with Crippen LogP contribution in [0.5, 0.6) is 0 Å². The van der Waals surface area contributed by atoms with Gasteiger partial charge in [0.15, 0.2) is 0 Å².